The van der Waals surface area contributed by atoms with Crippen LogP contribution < -0.4 is 9.80 Å². The van der Waals surface area contributed by atoms with Crippen LogP contribution in [0.3, 0.4) is 0 Å². The zero-order chi connectivity index (χ0) is 29.5. The first-order valence-electron chi connectivity index (χ1n) is 12.6. The van der Waals surface area contributed by atoms with E-state index < -0.39 is 63.6 Å². The van der Waals surface area contributed by atoms with Crippen LogP contribution in [0.25, 0.3) is 10.9 Å². The van der Waals surface area contributed by atoms with E-state index >= 15 is 8.78 Å². The maximum Gasteiger partial charge on any atom is 0.293 e. The molecule has 4 aromatic rings. The molecule has 1 spiro atoms. The lowest BCUT2D eigenvalue weighted by Gasteiger charge is -2.43. The normalized spacial score (nSPS) is 17.2. The van der Waals surface area contributed by atoms with Crippen molar-refractivity contribution < 1.29 is 34.4 Å². The summed E-state index contributed by atoms with van der Waals surface area (Å²) in [5, 5.41) is 3.09. The summed E-state index contributed by atoms with van der Waals surface area (Å²) in [6, 6.07) is 4.68. The van der Waals surface area contributed by atoms with Crippen LogP contribution in [0.5, 0.6) is 0 Å². The van der Waals surface area contributed by atoms with Gasteiger partial charge >= 0.3 is 0 Å². The molecule has 9 nitrogen and oxygen atoms in total. The molecule has 41 heavy (non-hydrogen) atoms. The predicted octanol–water partition coefficient (Wildman–Crippen LogP) is 4.33. The van der Waals surface area contributed by atoms with Crippen LogP contribution in [0.2, 0.25) is 0 Å². The van der Waals surface area contributed by atoms with Gasteiger partial charge in [-0.05, 0) is 51.0 Å². The Morgan fingerprint density at radius 2 is 1.59 bits per heavy atom. The SMILES string of the molecule is CC(C)S(=O)(=O)c1ccc(S(=O)(=O)n2nc(N3CCN(c4ncc(F)cc4F)CC34CC4)c3c(F)ccc(F)c32)s1. The van der Waals surface area contributed by atoms with E-state index in [1.807, 2.05) is 0 Å². The lowest BCUT2D eigenvalue weighted by Crippen LogP contribution is -2.56. The smallest absolute Gasteiger partial charge is 0.293 e. The number of benzene rings is 1. The molecule has 16 heteroatoms. The second kappa shape index (κ2) is 9.39. The zero-order valence-corrected chi connectivity index (χ0v) is 24.1. The van der Waals surface area contributed by atoms with E-state index in [4.69, 9.17) is 0 Å². The lowest BCUT2D eigenvalue weighted by atomic mass is 10.1. The number of thiophene rings is 1. The number of hydrogen-bond acceptors (Lipinski definition) is 9. The first-order chi connectivity index (χ1) is 19.3. The van der Waals surface area contributed by atoms with E-state index in [2.05, 4.69) is 10.1 Å². The summed E-state index contributed by atoms with van der Waals surface area (Å²) in [5.74, 6) is -3.72. The number of anilines is 2. The number of pyridine rings is 1. The molecule has 0 atom stereocenters. The van der Waals surface area contributed by atoms with Crippen molar-refractivity contribution in [2.45, 2.75) is 45.9 Å². The molecule has 2 fully saturated rings. The van der Waals surface area contributed by atoms with Gasteiger partial charge in [0.05, 0.1) is 22.4 Å². The molecule has 6 rings (SSSR count). The third-order valence-corrected chi connectivity index (χ3v) is 13.2. The highest BCUT2D eigenvalue weighted by molar-refractivity contribution is 7.95. The van der Waals surface area contributed by atoms with Gasteiger partial charge in [0, 0.05) is 25.7 Å². The summed E-state index contributed by atoms with van der Waals surface area (Å²) in [6.45, 7) is 3.43. The Hall–Kier alpha value is -3.24. The molecule has 3 aromatic heterocycles. The van der Waals surface area contributed by atoms with Gasteiger partial charge in [-0.3, -0.25) is 0 Å². The van der Waals surface area contributed by atoms with Crippen molar-refractivity contribution in [1.82, 2.24) is 14.2 Å². The maximum absolute atomic E-state index is 15.3. The minimum absolute atomic E-state index is 0.0441. The van der Waals surface area contributed by atoms with Gasteiger partial charge in [-0.25, -0.2) is 31.0 Å². The van der Waals surface area contributed by atoms with Crippen molar-refractivity contribution in [3.8, 4) is 0 Å². The number of halogens is 4. The molecule has 0 radical (unpaired) electrons. The molecule has 1 saturated carbocycles. The summed E-state index contributed by atoms with van der Waals surface area (Å²) in [4.78, 5) is 7.21. The number of fused-ring (bicyclic) bond motifs is 1. The predicted molar refractivity (Wildman–Crippen MR) is 145 cm³/mol. The molecular weight excluding hydrogens is 606 g/mol. The van der Waals surface area contributed by atoms with Crippen LogP contribution in [0.4, 0.5) is 29.2 Å². The van der Waals surface area contributed by atoms with Crippen molar-refractivity contribution in [1.29, 1.82) is 0 Å². The second-order valence-electron chi connectivity index (χ2n) is 10.3. The van der Waals surface area contributed by atoms with Gasteiger partial charge in [0.25, 0.3) is 10.0 Å². The lowest BCUT2D eigenvalue weighted by molar-refractivity contribution is 0.489. The van der Waals surface area contributed by atoms with Crippen molar-refractivity contribution in [2.75, 3.05) is 29.4 Å². The standard InChI is InChI=1S/C25H23F4N5O4S3/c1-14(2)40(35,36)19-5-6-20(39-19)41(37,38)34-22-17(28)4-3-16(27)21(22)24(31-34)33-10-9-32(13-25(33)7-8-25)23-18(29)11-15(26)12-30-23/h3-6,11-12,14H,7-10,13H2,1-2H3. The minimum atomic E-state index is -4.65. The summed E-state index contributed by atoms with van der Waals surface area (Å²) in [7, 11) is -8.43. The van der Waals surface area contributed by atoms with E-state index in [-0.39, 0.29) is 40.9 Å². The van der Waals surface area contributed by atoms with E-state index in [0.29, 0.717) is 28.3 Å². The Labute approximate surface area is 237 Å². The quantitative estimate of drug-likeness (QED) is 0.291. The number of aromatic nitrogens is 3. The van der Waals surface area contributed by atoms with E-state index in [9.17, 15) is 25.6 Å². The number of piperazine rings is 1. The van der Waals surface area contributed by atoms with Gasteiger partial charge in [0.2, 0.25) is 0 Å². The van der Waals surface area contributed by atoms with Crippen LogP contribution >= 0.6 is 11.3 Å². The van der Waals surface area contributed by atoms with Crippen molar-refractivity contribution in [3.05, 3.63) is 59.8 Å². The summed E-state index contributed by atoms with van der Waals surface area (Å²) in [6.07, 6.45) is 2.06. The van der Waals surface area contributed by atoms with E-state index in [1.165, 1.54) is 13.8 Å². The molecule has 1 aromatic carbocycles. The fourth-order valence-electron chi connectivity index (χ4n) is 5.10. The van der Waals surface area contributed by atoms with Gasteiger partial charge in [0.1, 0.15) is 25.6 Å². The Bertz CT molecular complexity index is 1920. The van der Waals surface area contributed by atoms with E-state index in [0.717, 1.165) is 36.5 Å². The monoisotopic (exact) mass is 629 g/mol. The summed E-state index contributed by atoms with van der Waals surface area (Å²) < 4.78 is 111. The molecule has 218 valence electrons. The average Bonchev–Trinajstić information content (AvgIpc) is 3.31. The molecule has 0 unspecified atom stereocenters. The van der Waals surface area contributed by atoms with Crippen molar-refractivity contribution >= 4 is 53.7 Å². The maximum atomic E-state index is 15.3. The highest BCUT2D eigenvalue weighted by Crippen LogP contribution is 2.49. The van der Waals surface area contributed by atoms with Gasteiger partial charge in [0.15, 0.2) is 33.1 Å². The first-order valence-corrected chi connectivity index (χ1v) is 16.4. The van der Waals surface area contributed by atoms with Gasteiger partial charge in [-0.1, -0.05) is 0 Å². The molecule has 1 saturated heterocycles. The van der Waals surface area contributed by atoms with Gasteiger partial charge in [-0.15, -0.1) is 20.5 Å². The highest BCUT2D eigenvalue weighted by atomic mass is 32.3. The fourth-order valence-corrected chi connectivity index (χ4v) is 9.68. The van der Waals surface area contributed by atoms with Crippen LogP contribution in [0.1, 0.15) is 26.7 Å². The van der Waals surface area contributed by atoms with Crippen LogP contribution in [0, 0.1) is 23.3 Å². The second-order valence-corrected chi connectivity index (χ2v) is 16.2. The van der Waals surface area contributed by atoms with Crippen molar-refractivity contribution in [3.63, 3.8) is 0 Å². The van der Waals surface area contributed by atoms with Gasteiger partial charge < -0.3 is 9.80 Å². The molecule has 1 aliphatic heterocycles. The fraction of sp³-hybridized carbons (Fsp3) is 0.360. The Morgan fingerprint density at radius 1 is 0.902 bits per heavy atom. The number of rotatable bonds is 6. The largest absolute Gasteiger partial charge is 0.350 e. The van der Waals surface area contributed by atoms with Crippen LogP contribution in [-0.2, 0) is 19.9 Å². The van der Waals surface area contributed by atoms with Crippen molar-refractivity contribution in [2.24, 2.45) is 0 Å². The first kappa shape index (κ1) is 27.9. The summed E-state index contributed by atoms with van der Waals surface area (Å²) >= 11 is 0.503. The number of hydrogen-bond donors (Lipinski definition) is 0. The minimum Gasteiger partial charge on any atom is -0.350 e. The van der Waals surface area contributed by atoms with Gasteiger partial charge in [-0.2, -0.15) is 8.42 Å². The Morgan fingerprint density at radius 3 is 2.24 bits per heavy atom. The van der Waals surface area contributed by atoms with Crippen LogP contribution in [0.15, 0.2) is 44.9 Å². The highest BCUT2D eigenvalue weighted by Gasteiger charge is 2.53. The molecule has 4 heterocycles. The molecule has 1 aliphatic carbocycles. The topological polar surface area (TPSA) is 105 Å². The number of sulfone groups is 1. The average molecular weight is 630 g/mol. The molecule has 0 amide bonds. The summed E-state index contributed by atoms with van der Waals surface area (Å²) in [5.41, 5.74) is -1.30. The Kier molecular flexibility index (Phi) is 6.39. The third-order valence-electron chi connectivity index (χ3n) is 7.44. The Balaban J connectivity index is 1.44. The van der Waals surface area contributed by atoms with E-state index in [1.54, 1.807) is 9.80 Å². The molecule has 0 N–H and O–H groups in total. The third kappa shape index (κ3) is 4.37. The zero-order valence-electron chi connectivity index (χ0n) is 21.7. The molecule has 0 bridgehead atoms. The molecular formula is C25H23F4N5O4S3. The molecule has 2 aliphatic rings. The van der Waals surface area contributed by atoms with Crippen LogP contribution in [-0.4, -0.2) is 61.4 Å². The number of nitrogens with zero attached hydrogens (tertiary/aromatic N) is 5.